The molecule has 0 amide bonds. The van der Waals surface area contributed by atoms with E-state index in [0.29, 0.717) is 55.8 Å². The second-order valence-corrected chi connectivity index (χ2v) is 13.3. The minimum atomic E-state index is -0.904. The molecule has 6 heterocycles. The van der Waals surface area contributed by atoms with E-state index in [9.17, 15) is 9.18 Å². The number of benzene rings is 2. The number of aryl methyl sites for hydroxylation is 2. The zero-order valence-corrected chi connectivity index (χ0v) is 27.8. The predicted octanol–water partition coefficient (Wildman–Crippen LogP) is 6.29. The summed E-state index contributed by atoms with van der Waals surface area (Å²) in [7, 11) is 0. The Morgan fingerprint density at radius 3 is 2.78 bits per heavy atom. The lowest BCUT2D eigenvalue weighted by Gasteiger charge is -2.31. The van der Waals surface area contributed by atoms with Crippen LogP contribution in [-0.4, -0.2) is 80.2 Å². The Kier molecular flexibility index (Phi) is 8.13. The van der Waals surface area contributed by atoms with E-state index in [0.717, 1.165) is 47.8 Å². The predicted molar refractivity (Wildman–Crippen MR) is 182 cm³/mol. The van der Waals surface area contributed by atoms with Crippen molar-refractivity contribution >= 4 is 33.5 Å². The Labute approximate surface area is 283 Å². The van der Waals surface area contributed by atoms with Gasteiger partial charge in [-0.2, -0.15) is 15.1 Å². The number of fused-ring (bicyclic) bond motifs is 4. The Bertz CT molecular complexity index is 2060. The summed E-state index contributed by atoms with van der Waals surface area (Å²) in [6, 6.07) is 13.7. The zero-order chi connectivity index (χ0) is 33.7. The molecular weight excluding hydrogens is 628 g/mol. The Morgan fingerprint density at radius 2 is 1.94 bits per heavy atom. The highest BCUT2D eigenvalue weighted by Gasteiger charge is 2.49. The van der Waals surface area contributed by atoms with Gasteiger partial charge in [0.15, 0.2) is 11.5 Å². The van der Waals surface area contributed by atoms with Gasteiger partial charge in [0.1, 0.15) is 29.8 Å². The van der Waals surface area contributed by atoms with E-state index < -0.39 is 23.5 Å². The van der Waals surface area contributed by atoms with Gasteiger partial charge in [-0.15, -0.1) is 0 Å². The number of rotatable bonds is 8. The summed E-state index contributed by atoms with van der Waals surface area (Å²) < 4.78 is 44.9. The molecule has 3 aromatic heterocycles. The van der Waals surface area contributed by atoms with Crippen molar-refractivity contribution in [2.45, 2.75) is 70.8 Å². The first-order valence-corrected chi connectivity index (χ1v) is 17.3. The summed E-state index contributed by atoms with van der Waals surface area (Å²) >= 11 is 0. The number of alkyl halides is 1. The van der Waals surface area contributed by atoms with Crippen LogP contribution >= 0.6 is 0 Å². The maximum Gasteiger partial charge on any atom is 0.358 e. The maximum atomic E-state index is 17.0. The van der Waals surface area contributed by atoms with Crippen LogP contribution in [0.3, 0.4) is 0 Å². The molecular formula is C37H39F2N7O3. The van der Waals surface area contributed by atoms with Gasteiger partial charge in [-0.3, -0.25) is 14.6 Å². The summed E-state index contributed by atoms with van der Waals surface area (Å²) in [4.78, 5) is 31.0. The molecule has 254 valence electrons. The van der Waals surface area contributed by atoms with Crippen LogP contribution < -0.4 is 9.64 Å². The van der Waals surface area contributed by atoms with Crippen molar-refractivity contribution in [1.29, 1.82) is 0 Å². The van der Waals surface area contributed by atoms with E-state index in [1.807, 2.05) is 39.9 Å². The van der Waals surface area contributed by atoms with Crippen molar-refractivity contribution in [3.63, 3.8) is 0 Å². The third-order valence-electron chi connectivity index (χ3n) is 10.3. The highest BCUT2D eigenvalue weighted by Crippen LogP contribution is 2.41. The fourth-order valence-electron chi connectivity index (χ4n) is 8.02. The Balaban J connectivity index is 1.24. The van der Waals surface area contributed by atoms with Crippen LogP contribution in [0.25, 0.3) is 32.9 Å². The van der Waals surface area contributed by atoms with Gasteiger partial charge in [0.05, 0.1) is 29.8 Å². The molecule has 8 rings (SSSR count). The van der Waals surface area contributed by atoms with Crippen LogP contribution in [0.1, 0.15) is 61.3 Å². The van der Waals surface area contributed by atoms with Gasteiger partial charge in [-0.05, 0) is 61.6 Å². The topological polar surface area (TPSA) is 98.5 Å². The number of hydrogen-bond donors (Lipinski definition) is 0. The SMILES string of the molecule is CCOC(=O)c1cc2n(n1)CCCN(c1nc(OC[C@@]34CCCN3C[C@H](F)C4)nc3c(F)c(-c4cccc5cccc(CC)c45)ncc13)C2. The quantitative estimate of drug-likeness (QED) is 0.177. The van der Waals surface area contributed by atoms with Crippen LogP contribution in [0.4, 0.5) is 14.6 Å². The number of anilines is 1. The first-order valence-electron chi connectivity index (χ1n) is 17.3. The standard InChI is InChI=1S/C37H39F2N7O3/c1-3-23-9-5-10-24-11-6-12-27(30(23)24)32-31(39)33-28(19-40-32)34(42-36(41-33)49-22-37-13-7-15-45(37)20-25(38)18-37)44-14-8-16-46-26(21-44)17-29(43-46)35(47)48-4-2/h5-6,9-12,17,19,25H,3-4,7-8,13-16,18,20-22H2,1-2H3/t25-,37+/m1/s1. The number of carbonyl (C=O) groups excluding carboxylic acids is 1. The molecule has 0 radical (unpaired) electrons. The van der Waals surface area contributed by atoms with Gasteiger partial charge in [-0.25, -0.2) is 13.6 Å². The van der Waals surface area contributed by atoms with E-state index in [2.05, 4.69) is 28.0 Å². The molecule has 2 aromatic carbocycles. The third-order valence-corrected chi connectivity index (χ3v) is 10.3. The number of hydrogen-bond acceptors (Lipinski definition) is 9. The average molecular weight is 668 g/mol. The lowest BCUT2D eigenvalue weighted by molar-refractivity contribution is 0.0518. The fraction of sp³-hybridized carbons (Fsp3) is 0.432. The molecule has 3 aliphatic heterocycles. The first-order chi connectivity index (χ1) is 23.9. The van der Waals surface area contributed by atoms with Crippen LogP contribution in [0.5, 0.6) is 6.01 Å². The Hall–Kier alpha value is -4.71. The molecule has 0 unspecified atom stereocenters. The summed E-state index contributed by atoms with van der Waals surface area (Å²) in [5, 5.41) is 6.92. The monoisotopic (exact) mass is 667 g/mol. The molecule has 3 aliphatic rings. The van der Waals surface area contributed by atoms with E-state index in [1.165, 1.54) is 0 Å². The minimum Gasteiger partial charge on any atom is -0.461 e. The number of nitrogens with zero attached hydrogens (tertiary/aromatic N) is 7. The van der Waals surface area contributed by atoms with Gasteiger partial charge in [0.2, 0.25) is 0 Å². The van der Waals surface area contributed by atoms with Gasteiger partial charge in [0, 0.05) is 37.8 Å². The second-order valence-electron chi connectivity index (χ2n) is 13.3. The molecule has 49 heavy (non-hydrogen) atoms. The fourth-order valence-corrected chi connectivity index (χ4v) is 8.02. The van der Waals surface area contributed by atoms with Crippen molar-refractivity contribution in [1.82, 2.24) is 29.6 Å². The molecule has 10 nitrogen and oxygen atoms in total. The number of halogens is 2. The number of esters is 1. The molecule has 5 aromatic rings. The largest absolute Gasteiger partial charge is 0.461 e. The lowest BCUT2D eigenvalue weighted by Crippen LogP contribution is -2.43. The lowest BCUT2D eigenvalue weighted by atomic mass is 9.95. The molecule has 2 atom stereocenters. The Morgan fingerprint density at radius 1 is 1.08 bits per heavy atom. The number of carbonyl (C=O) groups is 1. The highest BCUT2D eigenvalue weighted by atomic mass is 19.1. The smallest absolute Gasteiger partial charge is 0.358 e. The van der Waals surface area contributed by atoms with Gasteiger partial charge < -0.3 is 14.4 Å². The van der Waals surface area contributed by atoms with E-state index in [1.54, 1.807) is 19.2 Å². The van der Waals surface area contributed by atoms with Crippen molar-refractivity contribution in [2.24, 2.45) is 0 Å². The molecule has 0 spiro atoms. The van der Waals surface area contributed by atoms with Crippen molar-refractivity contribution in [3.8, 4) is 17.3 Å². The van der Waals surface area contributed by atoms with E-state index in [-0.39, 0.29) is 36.1 Å². The van der Waals surface area contributed by atoms with E-state index >= 15 is 4.39 Å². The van der Waals surface area contributed by atoms with Crippen LogP contribution in [0, 0.1) is 5.82 Å². The van der Waals surface area contributed by atoms with Crippen molar-refractivity contribution < 1.29 is 23.0 Å². The second kappa shape index (κ2) is 12.6. The molecule has 0 N–H and O–H groups in total. The zero-order valence-electron chi connectivity index (χ0n) is 27.8. The van der Waals surface area contributed by atoms with Crippen LogP contribution in [-0.2, 0) is 24.2 Å². The van der Waals surface area contributed by atoms with Gasteiger partial charge in [-0.1, -0.05) is 43.3 Å². The van der Waals surface area contributed by atoms with Crippen LogP contribution in [0.15, 0.2) is 48.7 Å². The van der Waals surface area contributed by atoms with Crippen molar-refractivity contribution in [2.75, 3.05) is 37.7 Å². The number of pyridine rings is 1. The third kappa shape index (κ3) is 5.55. The van der Waals surface area contributed by atoms with Crippen molar-refractivity contribution in [3.05, 3.63) is 71.4 Å². The molecule has 12 heteroatoms. The summed E-state index contributed by atoms with van der Waals surface area (Å²) in [6.07, 6.45) is 4.44. The molecule has 0 bridgehead atoms. The van der Waals surface area contributed by atoms with Gasteiger partial charge in [0.25, 0.3) is 0 Å². The summed E-state index contributed by atoms with van der Waals surface area (Å²) in [5.41, 5.74) is 2.75. The normalized spacial score (nSPS) is 20.8. The minimum absolute atomic E-state index is 0.0409. The van der Waals surface area contributed by atoms with E-state index in [4.69, 9.17) is 19.4 Å². The average Bonchev–Trinajstić information content (AvgIpc) is 3.74. The highest BCUT2D eigenvalue weighted by molar-refractivity contribution is 6.00. The summed E-state index contributed by atoms with van der Waals surface area (Å²) in [6.45, 7) is 7.11. The number of aromatic nitrogens is 5. The first kappa shape index (κ1) is 31.6. The van der Waals surface area contributed by atoms with Gasteiger partial charge >= 0.3 is 12.0 Å². The molecule has 2 saturated heterocycles. The maximum absolute atomic E-state index is 17.0. The molecule has 0 aliphatic carbocycles. The number of ether oxygens (including phenoxy) is 2. The molecule has 2 fully saturated rings. The molecule has 0 saturated carbocycles. The van der Waals surface area contributed by atoms with Crippen LogP contribution in [0.2, 0.25) is 0 Å². The summed E-state index contributed by atoms with van der Waals surface area (Å²) in [5.74, 6) is -0.550.